The Morgan fingerprint density at radius 2 is 1.81 bits per heavy atom. The first-order valence-corrected chi connectivity index (χ1v) is 11.1. The summed E-state index contributed by atoms with van der Waals surface area (Å²) in [5.41, 5.74) is 3.91. The molecular formula is C27H32N2O3. The van der Waals surface area contributed by atoms with Gasteiger partial charge in [0.05, 0.1) is 25.4 Å². The maximum absolute atomic E-state index is 12.3. The van der Waals surface area contributed by atoms with Crippen LogP contribution in [0.2, 0.25) is 0 Å². The lowest BCUT2D eigenvalue weighted by Crippen LogP contribution is -2.40. The summed E-state index contributed by atoms with van der Waals surface area (Å²) in [5, 5.41) is 2.94. The summed E-state index contributed by atoms with van der Waals surface area (Å²) in [5.74, 6) is 6.06. The summed E-state index contributed by atoms with van der Waals surface area (Å²) in [6, 6.07) is 15.8. The molecule has 2 aromatic rings. The van der Waals surface area contributed by atoms with Gasteiger partial charge in [-0.1, -0.05) is 36.1 Å². The number of benzene rings is 2. The Hall–Kier alpha value is -2.91. The van der Waals surface area contributed by atoms with Gasteiger partial charge < -0.3 is 14.8 Å². The van der Waals surface area contributed by atoms with Crippen LogP contribution >= 0.6 is 0 Å². The van der Waals surface area contributed by atoms with Gasteiger partial charge in [-0.05, 0) is 61.4 Å². The van der Waals surface area contributed by atoms with Crippen molar-refractivity contribution in [2.75, 3.05) is 33.4 Å². The number of ether oxygens (including phenoxy) is 2. The van der Waals surface area contributed by atoms with E-state index >= 15 is 0 Å². The number of nitrogens with zero attached hydrogens (tertiary/aromatic N) is 1. The SMILES string of the molecule is COC(C)C(C)NC(=O)c1ccc(C#C/C=C/c2ccc(CN3CCOCC3)cc2)cc1. The highest BCUT2D eigenvalue weighted by Crippen LogP contribution is 2.10. The van der Waals surface area contributed by atoms with Crippen molar-refractivity contribution in [3.05, 3.63) is 76.9 Å². The molecular weight excluding hydrogens is 400 g/mol. The zero-order chi connectivity index (χ0) is 22.8. The van der Waals surface area contributed by atoms with E-state index in [0.717, 1.165) is 44.0 Å². The summed E-state index contributed by atoms with van der Waals surface area (Å²) in [4.78, 5) is 14.7. The van der Waals surface area contributed by atoms with E-state index in [1.54, 1.807) is 19.2 Å². The predicted molar refractivity (Wildman–Crippen MR) is 128 cm³/mol. The van der Waals surface area contributed by atoms with Crippen LogP contribution in [0.15, 0.2) is 54.6 Å². The number of amides is 1. The van der Waals surface area contributed by atoms with Crippen LogP contribution in [-0.4, -0.2) is 56.4 Å². The molecule has 1 aliphatic heterocycles. The highest BCUT2D eigenvalue weighted by Gasteiger charge is 2.15. The second-order valence-corrected chi connectivity index (χ2v) is 8.01. The van der Waals surface area contributed by atoms with Gasteiger partial charge in [-0.3, -0.25) is 9.69 Å². The Morgan fingerprint density at radius 3 is 2.47 bits per heavy atom. The molecule has 2 unspecified atom stereocenters. The average molecular weight is 433 g/mol. The third kappa shape index (κ3) is 7.35. The van der Waals surface area contributed by atoms with Crippen LogP contribution in [0, 0.1) is 11.8 Å². The molecule has 32 heavy (non-hydrogen) atoms. The number of hydrogen-bond acceptors (Lipinski definition) is 4. The molecule has 0 saturated carbocycles. The van der Waals surface area contributed by atoms with E-state index in [-0.39, 0.29) is 18.1 Å². The second kappa shape index (κ2) is 12.2. The number of nitrogens with one attached hydrogen (secondary N) is 1. The fourth-order valence-electron chi connectivity index (χ4n) is 3.33. The molecule has 5 nitrogen and oxygen atoms in total. The summed E-state index contributed by atoms with van der Waals surface area (Å²) >= 11 is 0. The van der Waals surface area contributed by atoms with Crippen molar-refractivity contribution in [1.29, 1.82) is 0 Å². The first-order chi connectivity index (χ1) is 15.5. The van der Waals surface area contributed by atoms with Crippen LogP contribution in [0.5, 0.6) is 0 Å². The molecule has 1 amide bonds. The molecule has 2 atom stereocenters. The highest BCUT2D eigenvalue weighted by molar-refractivity contribution is 5.94. The standard InChI is InChI=1S/C27H32N2O3/c1-21(22(2)31-3)28-27(30)26-14-12-24(13-15-26)7-5-4-6-23-8-10-25(11-9-23)20-29-16-18-32-19-17-29/h4,6,8-15,21-22H,16-20H2,1-3H3,(H,28,30)/b6-4+. The molecule has 5 heteroatoms. The zero-order valence-corrected chi connectivity index (χ0v) is 19.1. The molecule has 0 bridgehead atoms. The molecule has 1 heterocycles. The Labute approximate surface area is 191 Å². The van der Waals surface area contributed by atoms with E-state index < -0.39 is 0 Å². The maximum Gasteiger partial charge on any atom is 0.251 e. The number of carbonyl (C=O) groups excluding carboxylic acids is 1. The van der Waals surface area contributed by atoms with E-state index in [2.05, 4.69) is 46.3 Å². The van der Waals surface area contributed by atoms with Crippen molar-refractivity contribution in [3.63, 3.8) is 0 Å². The smallest absolute Gasteiger partial charge is 0.251 e. The van der Waals surface area contributed by atoms with Crippen LogP contribution in [0.4, 0.5) is 0 Å². The lowest BCUT2D eigenvalue weighted by molar-refractivity contribution is 0.0342. The summed E-state index contributed by atoms with van der Waals surface area (Å²) in [6.45, 7) is 8.45. The Bertz CT molecular complexity index is 949. The number of rotatable bonds is 7. The van der Waals surface area contributed by atoms with Crippen molar-refractivity contribution in [2.24, 2.45) is 0 Å². The fourth-order valence-corrected chi connectivity index (χ4v) is 3.33. The molecule has 168 valence electrons. The Kier molecular flexibility index (Phi) is 9.06. The Morgan fingerprint density at radius 1 is 1.12 bits per heavy atom. The molecule has 0 aliphatic carbocycles. The predicted octanol–water partition coefficient (Wildman–Crippen LogP) is 3.74. The van der Waals surface area contributed by atoms with E-state index in [4.69, 9.17) is 9.47 Å². The third-order valence-electron chi connectivity index (χ3n) is 5.65. The van der Waals surface area contributed by atoms with Gasteiger partial charge in [-0.15, -0.1) is 0 Å². The zero-order valence-electron chi connectivity index (χ0n) is 19.1. The van der Waals surface area contributed by atoms with Gasteiger partial charge in [-0.2, -0.15) is 0 Å². The minimum atomic E-state index is -0.113. The minimum absolute atomic E-state index is 0.0446. The topological polar surface area (TPSA) is 50.8 Å². The van der Waals surface area contributed by atoms with Crippen LogP contribution in [0.25, 0.3) is 6.08 Å². The number of morpholine rings is 1. The number of methoxy groups -OCH3 is 1. The quantitative estimate of drug-likeness (QED) is 0.678. The van der Waals surface area contributed by atoms with Crippen molar-refractivity contribution < 1.29 is 14.3 Å². The van der Waals surface area contributed by atoms with E-state index in [9.17, 15) is 4.79 Å². The summed E-state index contributed by atoms with van der Waals surface area (Å²) < 4.78 is 10.6. The van der Waals surface area contributed by atoms with Gasteiger partial charge in [0.25, 0.3) is 5.91 Å². The van der Waals surface area contributed by atoms with Crippen LogP contribution in [0.3, 0.4) is 0 Å². The van der Waals surface area contributed by atoms with Crippen molar-refractivity contribution >= 4 is 12.0 Å². The van der Waals surface area contributed by atoms with E-state index in [0.29, 0.717) is 5.56 Å². The fraction of sp³-hybridized carbons (Fsp3) is 0.370. The summed E-state index contributed by atoms with van der Waals surface area (Å²) in [7, 11) is 1.64. The molecule has 1 N–H and O–H groups in total. The van der Waals surface area contributed by atoms with Crippen LogP contribution in [0.1, 0.15) is 40.9 Å². The molecule has 3 rings (SSSR count). The normalized spacial score (nSPS) is 16.2. The van der Waals surface area contributed by atoms with Crippen molar-refractivity contribution in [3.8, 4) is 11.8 Å². The minimum Gasteiger partial charge on any atom is -0.380 e. The average Bonchev–Trinajstić information content (AvgIpc) is 2.83. The molecule has 1 aliphatic rings. The molecule has 0 radical (unpaired) electrons. The van der Waals surface area contributed by atoms with E-state index in [1.165, 1.54) is 5.56 Å². The van der Waals surface area contributed by atoms with Gasteiger partial charge in [-0.25, -0.2) is 0 Å². The Balaban J connectivity index is 1.50. The number of allylic oxidation sites excluding steroid dienone is 1. The van der Waals surface area contributed by atoms with Gasteiger partial charge in [0, 0.05) is 37.9 Å². The van der Waals surface area contributed by atoms with Gasteiger partial charge in [0.15, 0.2) is 0 Å². The molecule has 2 aromatic carbocycles. The van der Waals surface area contributed by atoms with E-state index in [1.807, 2.05) is 38.1 Å². The van der Waals surface area contributed by atoms with Crippen LogP contribution in [-0.2, 0) is 16.0 Å². The molecule has 1 saturated heterocycles. The molecule has 0 aromatic heterocycles. The van der Waals surface area contributed by atoms with Crippen molar-refractivity contribution in [1.82, 2.24) is 10.2 Å². The molecule has 1 fully saturated rings. The number of carbonyl (C=O) groups is 1. The highest BCUT2D eigenvalue weighted by atomic mass is 16.5. The lowest BCUT2D eigenvalue weighted by atomic mass is 10.1. The lowest BCUT2D eigenvalue weighted by Gasteiger charge is -2.26. The first kappa shape index (κ1) is 23.7. The van der Waals surface area contributed by atoms with Crippen molar-refractivity contribution in [2.45, 2.75) is 32.5 Å². The second-order valence-electron chi connectivity index (χ2n) is 8.01. The van der Waals surface area contributed by atoms with Gasteiger partial charge >= 0.3 is 0 Å². The maximum atomic E-state index is 12.3. The molecule has 0 spiro atoms. The monoisotopic (exact) mass is 432 g/mol. The summed E-state index contributed by atoms with van der Waals surface area (Å²) in [6.07, 6.45) is 3.81. The van der Waals surface area contributed by atoms with Gasteiger partial charge in [0.2, 0.25) is 0 Å². The first-order valence-electron chi connectivity index (χ1n) is 11.1. The van der Waals surface area contributed by atoms with Crippen LogP contribution < -0.4 is 5.32 Å². The third-order valence-corrected chi connectivity index (χ3v) is 5.65. The largest absolute Gasteiger partial charge is 0.380 e. The number of hydrogen-bond donors (Lipinski definition) is 1. The van der Waals surface area contributed by atoms with Gasteiger partial charge in [0.1, 0.15) is 0 Å².